The summed E-state index contributed by atoms with van der Waals surface area (Å²) in [6, 6.07) is 9.36. The maximum Gasteiger partial charge on any atom is 0.339 e. The van der Waals surface area contributed by atoms with E-state index in [2.05, 4.69) is 12.1 Å². The van der Waals surface area contributed by atoms with Crippen LogP contribution < -0.4 is 0 Å². The van der Waals surface area contributed by atoms with Crippen molar-refractivity contribution < 1.29 is 18.8 Å². The third-order valence-electron chi connectivity index (χ3n) is 5.41. The van der Waals surface area contributed by atoms with Crippen molar-refractivity contribution in [1.29, 1.82) is 0 Å². The minimum atomic E-state index is -0.483. The number of amides is 1. The molecule has 0 radical (unpaired) electrons. The van der Waals surface area contributed by atoms with E-state index in [1.165, 1.54) is 11.8 Å². The summed E-state index contributed by atoms with van der Waals surface area (Å²) >= 11 is 1.49. The molecule has 1 aliphatic rings. The maximum atomic E-state index is 12.6. The van der Waals surface area contributed by atoms with E-state index in [4.69, 9.17) is 9.26 Å². The Kier molecular flexibility index (Phi) is 7.36. The Bertz CT molecular complexity index is 843. The fourth-order valence-electron chi connectivity index (χ4n) is 3.54. The Morgan fingerprint density at radius 3 is 2.66 bits per heavy atom. The molecule has 6 nitrogen and oxygen atoms in total. The van der Waals surface area contributed by atoms with E-state index < -0.39 is 5.97 Å². The van der Waals surface area contributed by atoms with E-state index in [0.29, 0.717) is 11.3 Å². The van der Waals surface area contributed by atoms with Crippen LogP contribution in [0.1, 0.15) is 54.4 Å². The van der Waals surface area contributed by atoms with E-state index in [-0.39, 0.29) is 18.6 Å². The molecule has 2 aromatic rings. The van der Waals surface area contributed by atoms with Crippen LogP contribution in [-0.4, -0.2) is 41.6 Å². The first kappa shape index (κ1) is 21.4. The lowest BCUT2D eigenvalue weighted by atomic mass is 9.87. The molecule has 0 unspecified atom stereocenters. The molecule has 0 bridgehead atoms. The van der Waals surface area contributed by atoms with Gasteiger partial charge in [-0.3, -0.25) is 4.79 Å². The second-order valence-electron chi connectivity index (χ2n) is 7.71. The third-order valence-corrected chi connectivity index (χ3v) is 6.52. The molecule has 1 fully saturated rings. The van der Waals surface area contributed by atoms with Gasteiger partial charge < -0.3 is 14.2 Å². The molecule has 1 heterocycles. The van der Waals surface area contributed by atoms with E-state index in [9.17, 15) is 9.59 Å². The van der Waals surface area contributed by atoms with Crippen molar-refractivity contribution in [3.05, 3.63) is 47.3 Å². The average Bonchev–Trinajstić information content (AvgIpc) is 3.15. The summed E-state index contributed by atoms with van der Waals surface area (Å²) in [4.78, 5) is 27.6. The van der Waals surface area contributed by atoms with Gasteiger partial charge in [0.1, 0.15) is 5.76 Å². The molecule has 0 N–H and O–H groups in total. The normalized spacial score (nSPS) is 19.0. The van der Waals surface area contributed by atoms with Gasteiger partial charge in [0, 0.05) is 29.8 Å². The zero-order valence-corrected chi connectivity index (χ0v) is 18.0. The molecular formula is C22H28N2O4S. The molecule has 0 spiro atoms. The Morgan fingerprint density at radius 1 is 1.24 bits per heavy atom. The lowest BCUT2D eigenvalue weighted by Crippen LogP contribution is -2.41. The molecule has 156 valence electrons. The number of carbonyl (C=O) groups excluding carboxylic acids is 2. The number of benzene rings is 1. The highest BCUT2D eigenvalue weighted by atomic mass is 32.2. The molecular weight excluding hydrogens is 388 g/mol. The Hall–Kier alpha value is -2.28. The lowest BCUT2D eigenvalue weighted by molar-refractivity contribution is -0.136. The largest absolute Gasteiger partial charge is 0.452 e. The first-order chi connectivity index (χ1) is 13.9. The Morgan fingerprint density at radius 2 is 1.97 bits per heavy atom. The zero-order valence-electron chi connectivity index (χ0n) is 17.2. The van der Waals surface area contributed by atoms with Crippen molar-refractivity contribution in [1.82, 2.24) is 10.1 Å². The van der Waals surface area contributed by atoms with Crippen molar-refractivity contribution >= 4 is 23.6 Å². The van der Waals surface area contributed by atoms with Crippen LogP contribution in [0.15, 0.2) is 39.8 Å². The van der Waals surface area contributed by atoms with Crippen molar-refractivity contribution in [3.63, 3.8) is 0 Å². The third kappa shape index (κ3) is 5.85. The van der Waals surface area contributed by atoms with Crippen molar-refractivity contribution in [2.45, 2.75) is 56.2 Å². The minimum Gasteiger partial charge on any atom is -0.452 e. The predicted octanol–water partition coefficient (Wildman–Crippen LogP) is 4.47. The van der Waals surface area contributed by atoms with E-state index in [1.807, 2.05) is 25.1 Å². The highest BCUT2D eigenvalue weighted by molar-refractivity contribution is 7.98. The molecule has 1 saturated carbocycles. The first-order valence-electron chi connectivity index (χ1n) is 10.0. The van der Waals surface area contributed by atoms with E-state index in [0.717, 1.165) is 48.0 Å². The van der Waals surface area contributed by atoms with Gasteiger partial charge in [-0.25, -0.2) is 4.79 Å². The van der Waals surface area contributed by atoms with Crippen LogP contribution in [-0.2, 0) is 15.3 Å². The second-order valence-corrected chi connectivity index (χ2v) is 8.73. The number of esters is 1. The highest BCUT2D eigenvalue weighted by Gasteiger charge is 2.25. The van der Waals surface area contributed by atoms with Gasteiger partial charge in [-0.15, -0.1) is 11.8 Å². The van der Waals surface area contributed by atoms with Gasteiger partial charge in [0.05, 0.1) is 11.3 Å². The number of likely N-dealkylation sites (N-methyl/N-ethyl adjacent to an activating group) is 1. The standard InChI is InChI=1S/C22H28N2O4S/c1-15-8-10-18(11-9-15)24(3)21(25)13-27-22(26)19-6-4-5-7-20(19)29-14-17-12-16(2)28-23-17/h4-7,12,15,18H,8-11,13-14H2,1-3H3. The summed E-state index contributed by atoms with van der Waals surface area (Å²) in [5.74, 6) is 1.43. The second kappa shape index (κ2) is 9.96. The summed E-state index contributed by atoms with van der Waals surface area (Å²) in [5.41, 5.74) is 1.27. The monoisotopic (exact) mass is 416 g/mol. The SMILES string of the molecule is Cc1cc(CSc2ccccc2C(=O)OCC(=O)N(C)C2CCC(C)CC2)no1. The summed E-state index contributed by atoms with van der Waals surface area (Å²) in [6.45, 7) is 3.86. The lowest BCUT2D eigenvalue weighted by Gasteiger charge is -2.33. The molecule has 7 heteroatoms. The number of hydrogen-bond donors (Lipinski definition) is 0. The highest BCUT2D eigenvalue weighted by Crippen LogP contribution is 2.28. The van der Waals surface area contributed by atoms with Gasteiger partial charge in [-0.2, -0.15) is 0 Å². The number of aryl methyl sites for hydroxylation is 1. The van der Waals surface area contributed by atoms with Crippen LogP contribution in [0.5, 0.6) is 0 Å². The topological polar surface area (TPSA) is 72.6 Å². The van der Waals surface area contributed by atoms with E-state index >= 15 is 0 Å². The van der Waals surface area contributed by atoms with Crippen LogP contribution in [0, 0.1) is 12.8 Å². The number of carbonyl (C=O) groups is 2. The fourth-order valence-corrected chi connectivity index (χ4v) is 4.46. The van der Waals surface area contributed by atoms with Crippen molar-refractivity contribution in [2.24, 2.45) is 5.92 Å². The van der Waals surface area contributed by atoms with Crippen LogP contribution in [0.2, 0.25) is 0 Å². The summed E-state index contributed by atoms with van der Waals surface area (Å²) in [7, 11) is 1.81. The number of nitrogens with zero attached hydrogens (tertiary/aromatic N) is 2. The van der Waals surface area contributed by atoms with Gasteiger partial charge >= 0.3 is 5.97 Å². The molecule has 0 saturated heterocycles. The van der Waals surface area contributed by atoms with Crippen LogP contribution in [0.25, 0.3) is 0 Å². The summed E-state index contributed by atoms with van der Waals surface area (Å²) in [5, 5.41) is 3.97. The fraction of sp³-hybridized carbons (Fsp3) is 0.500. The van der Waals surface area contributed by atoms with Crippen LogP contribution in [0.3, 0.4) is 0 Å². The minimum absolute atomic E-state index is 0.152. The number of rotatable bonds is 7. The molecule has 1 amide bonds. The van der Waals surface area contributed by atoms with Gasteiger partial charge in [0.25, 0.3) is 5.91 Å². The average molecular weight is 417 g/mol. The molecule has 1 aromatic heterocycles. The smallest absolute Gasteiger partial charge is 0.339 e. The maximum absolute atomic E-state index is 12.6. The van der Waals surface area contributed by atoms with Crippen LogP contribution in [0.4, 0.5) is 0 Å². The van der Waals surface area contributed by atoms with Gasteiger partial charge in [0.15, 0.2) is 6.61 Å². The quantitative estimate of drug-likeness (QED) is 0.490. The van der Waals surface area contributed by atoms with Gasteiger partial charge in [-0.1, -0.05) is 24.2 Å². The number of ether oxygens (including phenoxy) is 1. The van der Waals surface area contributed by atoms with Gasteiger partial charge in [0.2, 0.25) is 0 Å². The van der Waals surface area contributed by atoms with E-state index in [1.54, 1.807) is 24.1 Å². The summed E-state index contributed by atoms with van der Waals surface area (Å²) in [6.07, 6.45) is 4.30. The molecule has 1 aromatic carbocycles. The van der Waals surface area contributed by atoms with Gasteiger partial charge in [-0.05, 0) is 50.7 Å². The van der Waals surface area contributed by atoms with Crippen molar-refractivity contribution in [3.8, 4) is 0 Å². The molecule has 1 aliphatic carbocycles. The molecule has 0 atom stereocenters. The number of thioether (sulfide) groups is 1. The predicted molar refractivity (Wildman–Crippen MR) is 112 cm³/mol. The zero-order chi connectivity index (χ0) is 20.8. The Labute approximate surface area is 176 Å². The first-order valence-corrected chi connectivity index (χ1v) is 11.0. The molecule has 3 rings (SSSR count). The number of hydrogen-bond acceptors (Lipinski definition) is 6. The number of aromatic nitrogens is 1. The summed E-state index contributed by atoms with van der Waals surface area (Å²) < 4.78 is 10.4. The molecule has 29 heavy (non-hydrogen) atoms. The van der Waals surface area contributed by atoms with Crippen molar-refractivity contribution in [2.75, 3.05) is 13.7 Å². The Balaban J connectivity index is 1.54. The van der Waals surface area contributed by atoms with Crippen LogP contribution >= 0.6 is 11.8 Å². The molecule has 0 aliphatic heterocycles.